The Balaban J connectivity index is 2.35. The van der Waals surface area contributed by atoms with E-state index < -0.39 is 21.8 Å². The fourth-order valence-electron chi connectivity index (χ4n) is 2.09. The van der Waals surface area contributed by atoms with Crippen LogP contribution in [0.25, 0.3) is 0 Å². The average Bonchev–Trinajstić information content (AvgIpc) is 2.55. The van der Waals surface area contributed by atoms with Crippen LogP contribution in [0.15, 0.2) is 47.4 Å². The van der Waals surface area contributed by atoms with Crippen LogP contribution in [0.1, 0.15) is 11.1 Å². The van der Waals surface area contributed by atoms with Crippen LogP contribution >= 0.6 is 0 Å². The van der Waals surface area contributed by atoms with Gasteiger partial charge in [0.1, 0.15) is 5.75 Å². The van der Waals surface area contributed by atoms with Gasteiger partial charge < -0.3 is 9.47 Å². The predicted octanol–water partition coefficient (Wildman–Crippen LogP) is 3.66. The number of benzene rings is 2. The number of rotatable bonds is 6. The third-order valence-electron chi connectivity index (χ3n) is 3.35. The van der Waals surface area contributed by atoms with Crippen molar-refractivity contribution in [3.63, 3.8) is 0 Å². The van der Waals surface area contributed by atoms with Crippen LogP contribution in [0.3, 0.4) is 0 Å². The first-order chi connectivity index (χ1) is 11.7. The van der Waals surface area contributed by atoms with E-state index in [4.69, 9.17) is 9.47 Å². The Labute approximate surface area is 143 Å². The van der Waals surface area contributed by atoms with Gasteiger partial charge in [0.15, 0.2) is 0 Å². The summed E-state index contributed by atoms with van der Waals surface area (Å²) in [6.45, 7) is 0.148. The number of ether oxygens (including phenoxy) is 2. The molecule has 0 spiro atoms. The summed E-state index contributed by atoms with van der Waals surface area (Å²) < 4.78 is 75.1. The molecule has 0 aliphatic carbocycles. The van der Waals surface area contributed by atoms with Crippen molar-refractivity contribution < 1.29 is 31.1 Å². The Bertz CT molecular complexity index is 833. The molecular weight excluding hydrogens is 359 g/mol. The molecule has 0 aliphatic rings. The lowest BCUT2D eigenvalue weighted by atomic mass is 10.2. The van der Waals surface area contributed by atoms with Crippen LogP contribution < -0.4 is 9.46 Å². The molecule has 5 nitrogen and oxygen atoms in total. The maximum absolute atomic E-state index is 12.6. The highest BCUT2D eigenvalue weighted by atomic mass is 32.2. The van der Waals surface area contributed by atoms with E-state index in [-0.39, 0.29) is 17.2 Å². The van der Waals surface area contributed by atoms with E-state index >= 15 is 0 Å². The van der Waals surface area contributed by atoms with E-state index in [1.807, 2.05) is 0 Å². The molecule has 0 aliphatic heterocycles. The number of hydrogen-bond acceptors (Lipinski definition) is 4. The Morgan fingerprint density at radius 1 is 1.04 bits per heavy atom. The maximum Gasteiger partial charge on any atom is 0.416 e. The summed E-state index contributed by atoms with van der Waals surface area (Å²) in [5.41, 5.74) is -0.146. The third-order valence-corrected chi connectivity index (χ3v) is 4.73. The van der Waals surface area contributed by atoms with Crippen LogP contribution in [-0.4, -0.2) is 22.6 Å². The van der Waals surface area contributed by atoms with Crippen LogP contribution in [-0.2, 0) is 27.5 Å². The summed E-state index contributed by atoms with van der Waals surface area (Å²) >= 11 is 0. The average molecular weight is 375 g/mol. The number of hydrogen-bond donors (Lipinski definition) is 1. The van der Waals surface area contributed by atoms with Gasteiger partial charge in [-0.15, -0.1) is 0 Å². The molecule has 0 radical (unpaired) electrons. The molecule has 2 aromatic carbocycles. The molecule has 136 valence electrons. The van der Waals surface area contributed by atoms with Crippen LogP contribution in [0.2, 0.25) is 0 Å². The van der Waals surface area contributed by atoms with Gasteiger partial charge in [-0.3, -0.25) is 4.72 Å². The molecular formula is C16H16F3NO4S. The summed E-state index contributed by atoms with van der Waals surface area (Å²) in [6.07, 6.45) is -4.53. The summed E-state index contributed by atoms with van der Waals surface area (Å²) in [6, 6.07) is 7.99. The Kier molecular flexibility index (Phi) is 5.58. The predicted molar refractivity (Wildman–Crippen MR) is 86.0 cm³/mol. The first-order valence-corrected chi connectivity index (χ1v) is 8.51. The van der Waals surface area contributed by atoms with Gasteiger partial charge in [0.2, 0.25) is 0 Å². The van der Waals surface area contributed by atoms with E-state index in [1.165, 1.54) is 20.3 Å². The van der Waals surface area contributed by atoms with E-state index in [0.717, 1.165) is 24.3 Å². The molecule has 0 unspecified atom stereocenters. The van der Waals surface area contributed by atoms with Gasteiger partial charge >= 0.3 is 6.18 Å². The minimum atomic E-state index is -4.53. The molecule has 25 heavy (non-hydrogen) atoms. The Hall–Kier alpha value is -2.26. The zero-order valence-electron chi connectivity index (χ0n) is 13.4. The molecule has 1 N–H and O–H groups in total. The molecule has 9 heteroatoms. The maximum atomic E-state index is 12.6. The summed E-state index contributed by atoms with van der Waals surface area (Å²) in [4.78, 5) is -0.285. The van der Waals surface area contributed by atoms with E-state index in [1.54, 1.807) is 12.1 Å². The zero-order chi connectivity index (χ0) is 18.7. The first kappa shape index (κ1) is 19.1. The van der Waals surface area contributed by atoms with Crippen LogP contribution in [0.4, 0.5) is 18.9 Å². The molecule has 0 atom stereocenters. The molecule has 2 rings (SSSR count). The number of alkyl halides is 3. The highest BCUT2D eigenvalue weighted by Gasteiger charge is 2.30. The fourth-order valence-corrected chi connectivity index (χ4v) is 3.18. The summed E-state index contributed by atoms with van der Waals surface area (Å²) in [5.74, 6) is 0.421. The van der Waals surface area contributed by atoms with Gasteiger partial charge in [-0.05, 0) is 30.3 Å². The van der Waals surface area contributed by atoms with Gasteiger partial charge in [-0.2, -0.15) is 13.2 Å². The summed E-state index contributed by atoms with van der Waals surface area (Å²) in [7, 11) is -1.18. The minimum Gasteiger partial charge on any atom is -0.497 e. The topological polar surface area (TPSA) is 64.6 Å². The lowest BCUT2D eigenvalue weighted by molar-refractivity contribution is -0.137. The SMILES string of the molecule is COCc1ccc(OC)cc1NS(=O)(=O)c1ccc(C(F)(F)F)cc1. The second-order valence-corrected chi connectivity index (χ2v) is 6.77. The number of anilines is 1. The van der Waals surface area contributed by atoms with Gasteiger partial charge in [-0.1, -0.05) is 6.07 Å². The van der Waals surface area contributed by atoms with Crippen molar-refractivity contribution in [3.8, 4) is 5.75 Å². The van der Waals surface area contributed by atoms with Gasteiger partial charge in [-0.25, -0.2) is 8.42 Å². The number of nitrogens with one attached hydrogen (secondary N) is 1. The monoisotopic (exact) mass is 375 g/mol. The van der Waals surface area contributed by atoms with E-state index in [0.29, 0.717) is 11.3 Å². The quantitative estimate of drug-likeness (QED) is 0.837. The van der Waals surface area contributed by atoms with E-state index in [2.05, 4.69) is 4.72 Å². The molecule has 0 saturated carbocycles. The fraction of sp³-hybridized carbons (Fsp3) is 0.250. The van der Waals surface area contributed by atoms with Gasteiger partial charge in [0.25, 0.3) is 10.0 Å². The van der Waals surface area contributed by atoms with Crippen LogP contribution in [0, 0.1) is 0 Å². The number of halogens is 3. The second-order valence-electron chi connectivity index (χ2n) is 5.08. The number of methoxy groups -OCH3 is 2. The van der Waals surface area contributed by atoms with Crippen molar-refractivity contribution in [2.75, 3.05) is 18.9 Å². The molecule has 0 bridgehead atoms. The zero-order valence-corrected chi connectivity index (χ0v) is 14.2. The Morgan fingerprint density at radius 2 is 1.68 bits per heavy atom. The van der Waals surface area contributed by atoms with Crippen molar-refractivity contribution in [2.45, 2.75) is 17.7 Å². The lowest BCUT2D eigenvalue weighted by Gasteiger charge is -2.14. The highest BCUT2D eigenvalue weighted by molar-refractivity contribution is 7.92. The second kappa shape index (κ2) is 7.32. The highest BCUT2D eigenvalue weighted by Crippen LogP contribution is 2.30. The van der Waals surface area contributed by atoms with Crippen molar-refractivity contribution in [2.24, 2.45) is 0 Å². The van der Waals surface area contributed by atoms with Crippen molar-refractivity contribution >= 4 is 15.7 Å². The molecule has 2 aromatic rings. The standard InChI is InChI=1S/C16H16F3NO4S/c1-23-10-11-3-6-13(24-2)9-15(11)20-25(21,22)14-7-4-12(5-8-14)16(17,18)19/h3-9,20H,10H2,1-2H3. The molecule has 0 heterocycles. The van der Waals surface area contributed by atoms with Crippen molar-refractivity contribution in [1.29, 1.82) is 0 Å². The largest absolute Gasteiger partial charge is 0.497 e. The van der Waals surface area contributed by atoms with Gasteiger partial charge in [0.05, 0.1) is 29.9 Å². The van der Waals surface area contributed by atoms with Crippen molar-refractivity contribution in [3.05, 3.63) is 53.6 Å². The first-order valence-electron chi connectivity index (χ1n) is 7.03. The normalized spacial score (nSPS) is 12.0. The molecule has 0 fully saturated rings. The Morgan fingerprint density at radius 3 is 2.20 bits per heavy atom. The summed E-state index contributed by atoms with van der Waals surface area (Å²) in [5, 5.41) is 0. The van der Waals surface area contributed by atoms with Gasteiger partial charge in [0, 0.05) is 18.7 Å². The molecule has 0 aromatic heterocycles. The number of sulfonamides is 1. The molecule has 0 amide bonds. The smallest absolute Gasteiger partial charge is 0.416 e. The lowest BCUT2D eigenvalue weighted by Crippen LogP contribution is -2.15. The van der Waals surface area contributed by atoms with Crippen molar-refractivity contribution in [1.82, 2.24) is 0 Å². The van der Waals surface area contributed by atoms with Crippen LogP contribution in [0.5, 0.6) is 5.75 Å². The van der Waals surface area contributed by atoms with E-state index in [9.17, 15) is 21.6 Å². The molecule has 0 saturated heterocycles. The third kappa shape index (κ3) is 4.64. The minimum absolute atomic E-state index is 0.148.